The number of carbonyl (C=O) groups is 2. The first kappa shape index (κ1) is 35.9. The summed E-state index contributed by atoms with van der Waals surface area (Å²) in [5.41, 5.74) is 3.25. The van der Waals surface area contributed by atoms with E-state index in [-0.39, 0.29) is 34.7 Å². The molecule has 50 heavy (non-hydrogen) atoms. The number of ether oxygens (including phenoxy) is 3. The molecule has 13 heteroatoms. The third kappa shape index (κ3) is 7.87. The summed E-state index contributed by atoms with van der Waals surface area (Å²) < 4.78 is 40.5. The Balaban J connectivity index is 1.37. The molecule has 0 saturated heterocycles. The van der Waals surface area contributed by atoms with E-state index in [0.717, 1.165) is 30.0 Å². The number of rotatable bonds is 5. The van der Waals surface area contributed by atoms with Crippen molar-refractivity contribution in [1.29, 1.82) is 0 Å². The van der Waals surface area contributed by atoms with Crippen molar-refractivity contribution >= 4 is 39.0 Å². The van der Waals surface area contributed by atoms with Gasteiger partial charge in [0.2, 0.25) is 5.88 Å². The Kier molecular flexibility index (Phi) is 10.9. The van der Waals surface area contributed by atoms with E-state index in [2.05, 4.69) is 51.1 Å². The average Bonchev–Trinajstić information content (AvgIpc) is 3.44. The molecule has 1 aliphatic carbocycles. The van der Waals surface area contributed by atoms with E-state index in [1.807, 2.05) is 12.1 Å². The lowest BCUT2D eigenvalue weighted by atomic mass is 9.70. The molecular formula is C37H46ClN5O6S. The highest BCUT2D eigenvalue weighted by molar-refractivity contribution is 7.92. The molecule has 2 amide bonds. The van der Waals surface area contributed by atoms with Gasteiger partial charge in [-0.1, -0.05) is 43.7 Å². The molecule has 0 fully saturated rings. The van der Waals surface area contributed by atoms with Gasteiger partial charge in [-0.25, -0.2) is 8.89 Å². The van der Waals surface area contributed by atoms with E-state index >= 15 is 0 Å². The number of fused-ring (bicyclic) bond motifs is 3. The largest absolute Gasteiger partial charge is 0.490 e. The Morgan fingerprint density at radius 3 is 2.80 bits per heavy atom. The maximum atomic E-state index is 14.2. The van der Waals surface area contributed by atoms with Crippen LogP contribution in [0, 0.1) is 11.8 Å². The summed E-state index contributed by atoms with van der Waals surface area (Å²) >= 11 is 6.44. The lowest BCUT2D eigenvalue weighted by molar-refractivity contribution is -0.121. The number of nitrogens with one attached hydrogen (secondary N) is 1. The zero-order valence-electron chi connectivity index (χ0n) is 29.1. The highest BCUT2D eigenvalue weighted by Crippen LogP contribution is 2.45. The summed E-state index contributed by atoms with van der Waals surface area (Å²) in [5, 5.41) is 4.75. The molecule has 2 aliphatic heterocycles. The fourth-order valence-electron chi connectivity index (χ4n) is 7.34. The number of halogens is 1. The SMILES string of the molecule is CO[C@H]1/C=C\CCCS(=O)(NC(=O)COc2ccnn2C)=NC(=O)c2ccc3c(c2)N(C[C@H](C)[C@H]1C)C[C@@]1(CCCc2cc(Cl)ccc21)CO3. The van der Waals surface area contributed by atoms with Crippen molar-refractivity contribution in [2.45, 2.75) is 57.5 Å². The van der Waals surface area contributed by atoms with Crippen LogP contribution in [0.4, 0.5) is 5.69 Å². The molecule has 0 radical (unpaired) electrons. The van der Waals surface area contributed by atoms with Crippen LogP contribution < -0.4 is 19.1 Å². The van der Waals surface area contributed by atoms with Crippen molar-refractivity contribution in [3.8, 4) is 11.6 Å². The average molecular weight is 724 g/mol. The minimum Gasteiger partial charge on any atom is -0.490 e. The molecule has 3 aliphatic rings. The number of anilines is 1. The number of hydrogen-bond donors (Lipinski definition) is 1. The van der Waals surface area contributed by atoms with E-state index < -0.39 is 28.3 Å². The van der Waals surface area contributed by atoms with Crippen molar-refractivity contribution in [3.05, 3.63) is 82.5 Å². The normalized spacial score (nSPS) is 27.7. The summed E-state index contributed by atoms with van der Waals surface area (Å²) in [4.78, 5) is 29.1. The summed E-state index contributed by atoms with van der Waals surface area (Å²) in [6.07, 6.45) is 9.39. The van der Waals surface area contributed by atoms with E-state index in [1.165, 1.54) is 15.8 Å². The smallest absolute Gasteiger partial charge is 0.286 e. The molecule has 1 unspecified atom stereocenters. The maximum Gasteiger partial charge on any atom is 0.286 e. The molecule has 1 aromatic heterocycles. The number of aromatic nitrogens is 2. The molecule has 3 aromatic rings. The third-order valence-corrected chi connectivity index (χ3v) is 12.3. The van der Waals surface area contributed by atoms with Crippen LogP contribution in [-0.2, 0) is 38.3 Å². The van der Waals surface area contributed by atoms with Gasteiger partial charge in [-0.05, 0) is 85.4 Å². The van der Waals surface area contributed by atoms with Crippen molar-refractivity contribution in [2.24, 2.45) is 23.2 Å². The second-order valence-corrected chi connectivity index (χ2v) is 16.3. The standard InChI is InChI=1S/C37H46ClN5O6S/c1-25-21-43-23-37(16-8-9-27-19-29(38)12-13-30(27)37)24-49-33-14-11-28(20-31(33)43)36(45)41-50(46,18-7-5-6-10-32(47-4)26(25)2)40-34(44)22-48-35-15-17-39-42(35)3/h6,10-15,17,19-20,25-26,32H,5,7-9,16,18,21-24H2,1-4H3,(H,40,41,44,45,46)/b10-6-/t25-,26+,32-,37-,50?/m0/s1. The van der Waals surface area contributed by atoms with Gasteiger partial charge in [0.1, 0.15) is 15.7 Å². The van der Waals surface area contributed by atoms with Gasteiger partial charge in [0.25, 0.3) is 11.8 Å². The summed E-state index contributed by atoms with van der Waals surface area (Å²) in [5.74, 6) is 0.0716. The van der Waals surface area contributed by atoms with Crippen LogP contribution in [0.5, 0.6) is 11.6 Å². The minimum atomic E-state index is -3.50. The lowest BCUT2D eigenvalue weighted by Gasteiger charge is -2.42. The van der Waals surface area contributed by atoms with Crippen LogP contribution in [0.2, 0.25) is 5.02 Å². The van der Waals surface area contributed by atoms with E-state index in [4.69, 9.17) is 25.8 Å². The molecular weight excluding hydrogens is 678 g/mol. The molecule has 2 aromatic carbocycles. The second kappa shape index (κ2) is 15.2. The Labute approximate surface area is 299 Å². The fraction of sp³-hybridized carbons (Fsp3) is 0.486. The topological polar surface area (TPSA) is 124 Å². The van der Waals surface area contributed by atoms with E-state index in [9.17, 15) is 13.8 Å². The van der Waals surface area contributed by atoms with Crippen molar-refractivity contribution < 1.29 is 28.0 Å². The zero-order chi connectivity index (χ0) is 35.5. The molecule has 5 atom stereocenters. The van der Waals surface area contributed by atoms with Gasteiger partial charge in [-0.2, -0.15) is 5.10 Å². The molecule has 2 bridgehead atoms. The van der Waals surface area contributed by atoms with Gasteiger partial charge in [0.15, 0.2) is 6.61 Å². The lowest BCUT2D eigenvalue weighted by Crippen LogP contribution is -2.47. The maximum absolute atomic E-state index is 14.2. The van der Waals surface area contributed by atoms with E-state index in [1.54, 1.807) is 44.6 Å². The van der Waals surface area contributed by atoms with Gasteiger partial charge in [0.05, 0.1) is 30.3 Å². The summed E-state index contributed by atoms with van der Waals surface area (Å²) in [6.45, 7) is 5.88. The first-order valence-corrected chi connectivity index (χ1v) is 19.3. The molecule has 1 spiro atoms. The number of allylic oxidation sites excluding steroid dienone is 1. The molecule has 0 saturated carbocycles. The van der Waals surface area contributed by atoms with Gasteiger partial charge in [-0.15, -0.1) is 4.36 Å². The van der Waals surface area contributed by atoms with Crippen LogP contribution in [0.15, 0.2) is 65.2 Å². The highest BCUT2D eigenvalue weighted by atomic mass is 35.5. The Morgan fingerprint density at radius 2 is 2.02 bits per heavy atom. The predicted molar refractivity (Wildman–Crippen MR) is 194 cm³/mol. The number of amides is 2. The number of nitrogens with zero attached hydrogens (tertiary/aromatic N) is 4. The van der Waals surface area contributed by atoms with Crippen LogP contribution >= 0.6 is 11.6 Å². The van der Waals surface area contributed by atoms with Crippen LogP contribution in [-0.4, -0.2) is 71.1 Å². The Bertz CT molecular complexity index is 1890. The van der Waals surface area contributed by atoms with Gasteiger partial charge < -0.3 is 19.1 Å². The highest BCUT2D eigenvalue weighted by Gasteiger charge is 2.42. The number of benzene rings is 2. The molecule has 11 nitrogen and oxygen atoms in total. The third-order valence-electron chi connectivity index (χ3n) is 10.2. The Morgan fingerprint density at radius 1 is 1.18 bits per heavy atom. The second-order valence-electron chi connectivity index (χ2n) is 13.7. The number of aryl methyl sites for hydroxylation is 2. The molecule has 268 valence electrons. The molecule has 3 heterocycles. The first-order valence-electron chi connectivity index (χ1n) is 17.2. The monoisotopic (exact) mass is 723 g/mol. The zero-order valence-corrected chi connectivity index (χ0v) is 30.7. The first-order chi connectivity index (χ1) is 24.0. The quantitative estimate of drug-likeness (QED) is 0.323. The van der Waals surface area contributed by atoms with Crippen molar-refractivity contribution in [2.75, 3.05) is 44.1 Å². The molecule has 1 N–H and O–H groups in total. The van der Waals surface area contributed by atoms with Gasteiger partial charge in [0, 0.05) is 49.3 Å². The number of carbonyl (C=O) groups excluding carboxylic acids is 2. The van der Waals surface area contributed by atoms with Crippen LogP contribution in [0.25, 0.3) is 0 Å². The molecule has 6 rings (SSSR count). The Hall–Kier alpha value is -3.87. The van der Waals surface area contributed by atoms with Crippen molar-refractivity contribution in [3.63, 3.8) is 0 Å². The van der Waals surface area contributed by atoms with Crippen LogP contribution in [0.3, 0.4) is 0 Å². The summed E-state index contributed by atoms with van der Waals surface area (Å²) in [6, 6.07) is 13.0. The fourth-order valence-corrected chi connectivity index (χ4v) is 9.12. The van der Waals surface area contributed by atoms with Crippen LogP contribution in [0.1, 0.15) is 61.0 Å². The number of methoxy groups -OCH3 is 1. The van der Waals surface area contributed by atoms with E-state index in [0.29, 0.717) is 44.2 Å². The van der Waals surface area contributed by atoms with Crippen molar-refractivity contribution in [1.82, 2.24) is 14.5 Å². The predicted octanol–water partition coefficient (Wildman–Crippen LogP) is 5.90. The van der Waals surface area contributed by atoms with Gasteiger partial charge in [-0.3, -0.25) is 14.3 Å². The van der Waals surface area contributed by atoms with Gasteiger partial charge >= 0.3 is 0 Å². The minimum absolute atomic E-state index is 0.0176. The summed E-state index contributed by atoms with van der Waals surface area (Å²) in [7, 11) is -0.0994. The number of hydrogen-bond acceptors (Lipinski definition) is 8.